The third-order valence-electron chi connectivity index (χ3n) is 4.96. The molecule has 130 valence electrons. The van der Waals surface area contributed by atoms with E-state index in [1.165, 1.54) is 10.9 Å². The summed E-state index contributed by atoms with van der Waals surface area (Å²) in [5, 5.41) is 14.0. The molecule has 2 atom stereocenters. The highest BCUT2D eigenvalue weighted by atomic mass is 16.3. The molecular weight excluding hydrogens is 302 g/mol. The number of piperidine rings is 1. The van der Waals surface area contributed by atoms with Crippen LogP contribution in [0.25, 0.3) is 10.9 Å². The number of aliphatic hydroxyl groups is 1. The maximum absolute atomic E-state index is 12.3. The number of hydrogen-bond acceptors (Lipinski definition) is 2. The van der Waals surface area contributed by atoms with Crippen LogP contribution < -0.4 is 5.32 Å². The van der Waals surface area contributed by atoms with E-state index in [9.17, 15) is 9.90 Å². The molecule has 2 heterocycles. The Hall–Kier alpha value is -2.01. The number of urea groups is 1. The van der Waals surface area contributed by atoms with Gasteiger partial charge in [-0.25, -0.2) is 4.79 Å². The van der Waals surface area contributed by atoms with Crippen LogP contribution in [0.3, 0.4) is 0 Å². The summed E-state index contributed by atoms with van der Waals surface area (Å²) in [4.78, 5) is 14.1. The number of carbonyl (C=O) groups excluding carboxylic acids is 1. The Balaban J connectivity index is 1.44. The standard InChI is InChI=1S/C19H27N3O2/c1-15(23)17-7-4-11-22(14-17)19(24)20-10-5-12-21-13-9-16-6-2-3-8-18(16)21/h2-3,6,8-9,13,15,17,23H,4-5,7,10-12,14H2,1H3,(H,20,24). The molecule has 1 fully saturated rings. The zero-order valence-corrected chi connectivity index (χ0v) is 14.3. The summed E-state index contributed by atoms with van der Waals surface area (Å²) in [7, 11) is 0. The number of aliphatic hydroxyl groups excluding tert-OH is 1. The second-order valence-electron chi connectivity index (χ2n) is 6.74. The first-order valence-electron chi connectivity index (χ1n) is 8.90. The Kier molecular flexibility index (Phi) is 5.41. The topological polar surface area (TPSA) is 57.5 Å². The van der Waals surface area contributed by atoms with E-state index in [0.717, 1.165) is 32.4 Å². The molecule has 1 aliphatic heterocycles. The smallest absolute Gasteiger partial charge is 0.317 e. The molecule has 0 aliphatic carbocycles. The van der Waals surface area contributed by atoms with Gasteiger partial charge < -0.3 is 19.9 Å². The van der Waals surface area contributed by atoms with Gasteiger partial charge in [0.25, 0.3) is 0 Å². The number of amides is 2. The van der Waals surface area contributed by atoms with Gasteiger partial charge in [-0.05, 0) is 43.7 Å². The number of benzene rings is 1. The Labute approximate surface area is 143 Å². The second-order valence-corrected chi connectivity index (χ2v) is 6.74. The Morgan fingerprint density at radius 3 is 3.04 bits per heavy atom. The average Bonchev–Trinajstić information content (AvgIpc) is 3.02. The van der Waals surface area contributed by atoms with Crippen molar-refractivity contribution >= 4 is 16.9 Å². The highest BCUT2D eigenvalue weighted by Crippen LogP contribution is 2.19. The van der Waals surface area contributed by atoms with Crippen molar-refractivity contribution in [2.24, 2.45) is 5.92 Å². The summed E-state index contributed by atoms with van der Waals surface area (Å²) < 4.78 is 2.23. The van der Waals surface area contributed by atoms with E-state index >= 15 is 0 Å². The third-order valence-corrected chi connectivity index (χ3v) is 4.96. The van der Waals surface area contributed by atoms with Gasteiger partial charge in [-0.3, -0.25) is 0 Å². The van der Waals surface area contributed by atoms with Gasteiger partial charge in [0, 0.05) is 43.8 Å². The predicted molar refractivity (Wildman–Crippen MR) is 95.9 cm³/mol. The van der Waals surface area contributed by atoms with Crippen molar-refractivity contribution in [3.63, 3.8) is 0 Å². The highest BCUT2D eigenvalue weighted by molar-refractivity contribution is 5.79. The molecule has 5 nitrogen and oxygen atoms in total. The molecule has 2 amide bonds. The highest BCUT2D eigenvalue weighted by Gasteiger charge is 2.26. The number of carbonyl (C=O) groups is 1. The molecule has 1 aromatic heterocycles. The van der Waals surface area contributed by atoms with E-state index in [1.54, 1.807) is 0 Å². The molecule has 1 aromatic carbocycles. The van der Waals surface area contributed by atoms with Gasteiger partial charge in [0.2, 0.25) is 0 Å². The zero-order chi connectivity index (χ0) is 16.9. The van der Waals surface area contributed by atoms with Crippen molar-refractivity contribution in [1.82, 2.24) is 14.8 Å². The summed E-state index contributed by atoms with van der Waals surface area (Å²) in [6.45, 7) is 4.82. The van der Waals surface area contributed by atoms with Gasteiger partial charge in [0.05, 0.1) is 6.10 Å². The molecule has 0 radical (unpaired) electrons. The van der Waals surface area contributed by atoms with Crippen LogP contribution in [0.15, 0.2) is 36.5 Å². The molecule has 5 heteroatoms. The van der Waals surface area contributed by atoms with Crippen LogP contribution in [0.5, 0.6) is 0 Å². The largest absolute Gasteiger partial charge is 0.393 e. The minimum absolute atomic E-state index is 0.00212. The van der Waals surface area contributed by atoms with Gasteiger partial charge in [0.1, 0.15) is 0 Å². The van der Waals surface area contributed by atoms with Gasteiger partial charge in [-0.2, -0.15) is 0 Å². The predicted octanol–water partition coefficient (Wildman–Crippen LogP) is 2.83. The summed E-state index contributed by atoms with van der Waals surface area (Å²) >= 11 is 0. The maximum Gasteiger partial charge on any atom is 0.317 e. The van der Waals surface area contributed by atoms with Crippen molar-refractivity contribution in [1.29, 1.82) is 0 Å². The number of rotatable bonds is 5. The normalized spacial score (nSPS) is 19.4. The molecule has 0 saturated carbocycles. The maximum atomic E-state index is 12.3. The first-order chi connectivity index (χ1) is 11.6. The minimum atomic E-state index is -0.345. The third kappa shape index (κ3) is 3.90. The molecule has 1 aliphatic rings. The molecule has 1 saturated heterocycles. The van der Waals surface area contributed by atoms with E-state index in [-0.39, 0.29) is 18.1 Å². The molecule has 0 bridgehead atoms. The van der Waals surface area contributed by atoms with E-state index in [1.807, 2.05) is 17.9 Å². The lowest BCUT2D eigenvalue weighted by Crippen LogP contribution is -2.47. The van der Waals surface area contributed by atoms with Crippen LogP contribution in [0, 0.1) is 5.92 Å². The number of para-hydroxylation sites is 1. The number of hydrogen-bond donors (Lipinski definition) is 2. The molecule has 0 spiro atoms. The van der Waals surface area contributed by atoms with Crippen molar-refractivity contribution < 1.29 is 9.90 Å². The average molecular weight is 329 g/mol. The van der Waals surface area contributed by atoms with Crippen LogP contribution in [-0.4, -0.2) is 46.3 Å². The molecule has 24 heavy (non-hydrogen) atoms. The van der Waals surface area contributed by atoms with Crippen LogP contribution in [-0.2, 0) is 6.54 Å². The van der Waals surface area contributed by atoms with Gasteiger partial charge >= 0.3 is 6.03 Å². The molecule has 2 unspecified atom stereocenters. The summed E-state index contributed by atoms with van der Waals surface area (Å²) in [6, 6.07) is 10.5. The van der Waals surface area contributed by atoms with Crippen molar-refractivity contribution in [3.05, 3.63) is 36.5 Å². The van der Waals surface area contributed by atoms with E-state index in [2.05, 4.69) is 40.3 Å². The Morgan fingerprint density at radius 2 is 2.21 bits per heavy atom. The lowest BCUT2D eigenvalue weighted by molar-refractivity contribution is 0.0739. The van der Waals surface area contributed by atoms with E-state index in [0.29, 0.717) is 13.1 Å². The van der Waals surface area contributed by atoms with E-state index < -0.39 is 0 Å². The first-order valence-corrected chi connectivity index (χ1v) is 8.90. The van der Waals surface area contributed by atoms with Crippen molar-refractivity contribution in [3.8, 4) is 0 Å². The van der Waals surface area contributed by atoms with Crippen molar-refractivity contribution in [2.45, 2.75) is 38.8 Å². The first kappa shape index (κ1) is 16.8. The zero-order valence-electron chi connectivity index (χ0n) is 14.3. The fraction of sp³-hybridized carbons (Fsp3) is 0.526. The Bertz CT molecular complexity index is 680. The monoisotopic (exact) mass is 329 g/mol. The molecule has 2 aromatic rings. The molecular formula is C19H27N3O2. The number of aryl methyl sites for hydroxylation is 1. The summed E-state index contributed by atoms with van der Waals surface area (Å²) in [6.07, 6.45) is 4.63. The minimum Gasteiger partial charge on any atom is -0.393 e. The van der Waals surface area contributed by atoms with Crippen LogP contribution in [0.4, 0.5) is 4.79 Å². The lowest BCUT2D eigenvalue weighted by atomic mass is 9.94. The quantitative estimate of drug-likeness (QED) is 0.829. The number of nitrogens with one attached hydrogen (secondary N) is 1. The van der Waals surface area contributed by atoms with E-state index in [4.69, 9.17) is 0 Å². The van der Waals surface area contributed by atoms with Gasteiger partial charge in [-0.1, -0.05) is 18.2 Å². The SMILES string of the molecule is CC(O)C1CCCN(C(=O)NCCCn2ccc3ccccc32)C1. The fourth-order valence-corrected chi connectivity index (χ4v) is 3.48. The number of fused-ring (bicyclic) bond motifs is 1. The second kappa shape index (κ2) is 7.71. The lowest BCUT2D eigenvalue weighted by Gasteiger charge is -2.34. The fourth-order valence-electron chi connectivity index (χ4n) is 3.48. The van der Waals surface area contributed by atoms with Crippen molar-refractivity contribution in [2.75, 3.05) is 19.6 Å². The van der Waals surface area contributed by atoms with Crippen LogP contribution in [0.1, 0.15) is 26.2 Å². The number of nitrogens with zero attached hydrogens (tertiary/aromatic N) is 2. The molecule has 2 N–H and O–H groups in total. The number of likely N-dealkylation sites (tertiary alicyclic amines) is 1. The van der Waals surface area contributed by atoms with Gasteiger partial charge in [0.15, 0.2) is 0 Å². The Morgan fingerprint density at radius 1 is 1.38 bits per heavy atom. The van der Waals surface area contributed by atoms with Gasteiger partial charge in [-0.15, -0.1) is 0 Å². The molecule has 3 rings (SSSR count). The van der Waals surface area contributed by atoms with Crippen LogP contribution in [0.2, 0.25) is 0 Å². The summed E-state index contributed by atoms with van der Waals surface area (Å²) in [5.74, 6) is 0.204. The van der Waals surface area contributed by atoms with Crippen LogP contribution >= 0.6 is 0 Å². The number of aromatic nitrogens is 1. The summed E-state index contributed by atoms with van der Waals surface area (Å²) in [5.41, 5.74) is 1.24.